The normalized spacial score (nSPS) is 13.2. The molecule has 1 amide bonds. The van der Waals surface area contributed by atoms with E-state index >= 15 is 0 Å². The minimum Gasteiger partial charge on any atom is -0.394 e. The van der Waals surface area contributed by atoms with Gasteiger partial charge in [-0.05, 0) is 57.8 Å². The van der Waals surface area contributed by atoms with Gasteiger partial charge in [0.05, 0.1) is 18.8 Å². The summed E-state index contributed by atoms with van der Waals surface area (Å²) in [4.78, 5) is 12.4. The van der Waals surface area contributed by atoms with Crippen LogP contribution in [0.25, 0.3) is 0 Å². The van der Waals surface area contributed by atoms with Crippen molar-refractivity contribution in [2.75, 3.05) is 6.61 Å². The molecule has 0 radical (unpaired) electrons. The second-order valence-corrected chi connectivity index (χ2v) is 16.9. The molecular formula is C51H97NO3. The first kappa shape index (κ1) is 53.6. The summed E-state index contributed by atoms with van der Waals surface area (Å²) >= 11 is 0. The lowest BCUT2D eigenvalue weighted by Crippen LogP contribution is -2.45. The molecule has 0 spiro atoms. The summed E-state index contributed by atoms with van der Waals surface area (Å²) < 4.78 is 0. The second kappa shape index (κ2) is 47.0. The minimum atomic E-state index is -0.864. The maximum absolute atomic E-state index is 12.4. The maximum atomic E-state index is 12.4. The Kier molecular flexibility index (Phi) is 45.8. The number of nitrogens with one attached hydrogen (secondary N) is 1. The summed E-state index contributed by atoms with van der Waals surface area (Å²) in [5.74, 6) is -0.0822. The standard InChI is InChI=1S/C51H97NO3/c1-3-5-7-9-11-13-15-17-18-19-20-21-22-23-24-25-26-27-28-29-30-31-32-33-35-36-38-40-42-44-46-50(54)49(48-53)52-51(55)47-45-43-41-39-37-34-16-14-12-10-8-6-4-2/h14,16,36,38,44,46,49-50,53-54H,3-13,15,17-35,37,39-43,45,47-48H2,1-2H3,(H,52,55)/b16-14-,38-36+,46-44+. The van der Waals surface area contributed by atoms with Gasteiger partial charge in [0.25, 0.3) is 0 Å². The Labute approximate surface area is 344 Å². The van der Waals surface area contributed by atoms with Crippen LogP contribution in [0.5, 0.6) is 0 Å². The predicted molar refractivity (Wildman–Crippen MR) is 244 cm³/mol. The number of hydrogen-bond donors (Lipinski definition) is 3. The predicted octanol–water partition coefficient (Wildman–Crippen LogP) is 15.7. The molecule has 4 heteroatoms. The van der Waals surface area contributed by atoms with Crippen LogP contribution >= 0.6 is 0 Å². The third-order valence-electron chi connectivity index (χ3n) is 11.3. The van der Waals surface area contributed by atoms with Gasteiger partial charge in [-0.2, -0.15) is 0 Å². The number of rotatable bonds is 45. The molecule has 0 aliphatic carbocycles. The van der Waals surface area contributed by atoms with Crippen molar-refractivity contribution in [1.82, 2.24) is 5.32 Å². The smallest absolute Gasteiger partial charge is 0.220 e. The molecule has 4 nitrogen and oxygen atoms in total. The van der Waals surface area contributed by atoms with E-state index in [2.05, 4.69) is 43.5 Å². The third-order valence-corrected chi connectivity index (χ3v) is 11.3. The van der Waals surface area contributed by atoms with E-state index in [4.69, 9.17) is 0 Å². The molecule has 0 aliphatic rings. The summed E-state index contributed by atoms with van der Waals surface area (Å²) in [5.41, 5.74) is 0. The number of aliphatic hydroxyl groups excluding tert-OH is 2. The lowest BCUT2D eigenvalue weighted by atomic mass is 10.0. The van der Waals surface area contributed by atoms with Crippen LogP contribution in [-0.4, -0.2) is 34.9 Å². The number of allylic oxidation sites excluding steroid dienone is 5. The van der Waals surface area contributed by atoms with Crippen molar-refractivity contribution in [2.24, 2.45) is 0 Å². The van der Waals surface area contributed by atoms with Crippen molar-refractivity contribution in [3.63, 3.8) is 0 Å². The highest BCUT2D eigenvalue weighted by Crippen LogP contribution is 2.16. The zero-order chi connectivity index (χ0) is 40.0. The topological polar surface area (TPSA) is 69.6 Å². The minimum absolute atomic E-state index is 0.0822. The molecule has 2 unspecified atom stereocenters. The number of amides is 1. The molecule has 0 aromatic carbocycles. The second-order valence-electron chi connectivity index (χ2n) is 16.9. The van der Waals surface area contributed by atoms with Crippen molar-refractivity contribution in [3.05, 3.63) is 36.5 Å². The molecule has 55 heavy (non-hydrogen) atoms. The van der Waals surface area contributed by atoms with Crippen LogP contribution in [0.15, 0.2) is 36.5 Å². The molecule has 0 rings (SSSR count). The van der Waals surface area contributed by atoms with Crippen molar-refractivity contribution in [3.8, 4) is 0 Å². The van der Waals surface area contributed by atoms with Gasteiger partial charge in [0.15, 0.2) is 0 Å². The number of aliphatic hydroxyl groups is 2. The van der Waals surface area contributed by atoms with E-state index in [0.717, 1.165) is 44.9 Å². The van der Waals surface area contributed by atoms with Gasteiger partial charge in [-0.3, -0.25) is 4.79 Å². The van der Waals surface area contributed by atoms with Gasteiger partial charge < -0.3 is 15.5 Å². The third kappa shape index (κ3) is 43.6. The Balaban J connectivity index is 3.50. The highest BCUT2D eigenvalue weighted by molar-refractivity contribution is 5.76. The quantitative estimate of drug-likeness (QED) is 0.0426. The Morgan fingerprint density at radius 1 is 0.418 bits per heavy atom. The molecule has 0 saturated carbocycles. The molecule has 3 N–H and O–H groups in total. The molecule has 0 fully saturated rings. The van der Waals surface area contributed by atoms with Crippen LogP contribution < -0.4 is 5.32 Å². The monoisotopic (exact) mass is 772 g/mol. The van der Waals surface area contributed by atoms with Crippen LogP contribution in [0.2, 0.25) is 0 Å². The van der Waals surface area contributed by atoms with E-state index in [1.165, 1.54) is 199 Å². The van der Waals surface area contributed by atoms with Gasteiger partial charge in [-0.25, -0.2) is 0 Å². The molecule has 0 aromatic heterocycles. The van der Waals surface area contributed by atoms with Crippen LogP contribution in [0.4, 0.5) is 0 Å². The van der Waals surface area contributed by atoms with E-state index in [1.807, 2.05) is 6.08 Å². The average molecular weight is 772 g/mol. The fourth-order valence-corrected chi connectivity index (χ4v) is 7.54. The van der Waals surface area contributed by atoms with E-state index in [-0.39, 0.29) is 12.5 Å². The Hall–Kier alpha value is -1.39. The maximum Gasteiger partial charge on any atom is 0.220 e. The molecular weight excluding hydrogens is 675 g/mol. The lowest BCUT2D eigenvalue weighted by molar-refractivity contribution is -0.123. The molecule has 0 aliphatic heterocycles. The van der Waals surface area contributed by atoms with E-state index in [1.54, 1.807) is 6.08 Å². The fourth-order valence-electron chi connectivity index (χ4n) is 7.54. The van der Waals surface area contributed by atoms with E-state index in [0.29, 0.717) is 6.42 Å². The summed E-state index contributed by atoms with van der Waals surface area (Å²) in [5, 5.41) is 23.0. The van der Waals surface area contributed by atoms with Crippen molar-refractivity contribution >= 4 is 5.91 Å². The van der Waals surface area contributed by atoms with Gasteiger partial charge in [-0.1, -0.05) is 237 Å². The molecule has 0 heterocycles. The number of hydrogen-bond acceptors (Lipinski definition) is 3. The summed E-state index contributed by atoms with van der Waals surface area (Å²) in [7, 11) is 0. The number of carbonyl (C=O) groups excluding carboxylic acids is 1. The highest BCUT2D eigenvalue weighted by Gasteiger charge is 2.17. The first-order valence-electron chi connectivity index (χ1n) is 24.7. The molecule has 0 saturated heterocycles. The zero-order valence-corrected chi connectivity index (χ0v) is 37.2. The van der Waals surface area contributed by atoms with E-state index in [9.17, 15) is 15.0 Å². The van der Waals surface area contributed by atoms with Gasteiger partial charge in [0.2, 0.25) is 5.91 Å². The van der Waals surface area contributed by atoms with Crippen LogP contribution in [0.3, 0.4) is 0 Å². The Morgan fingerprint density at radius 2 is 0.709 bits per heavy atom. The SMILES string of the molecule is CCCCCC/C=C\CCCCCCCC(=O)NC(CO)C(O)/C=C/CC/C=C/CCCCCCCCCCCCCCCCCCCCCCCCCC. The number of unbranched alkanes of at least 4 members (excludes halogenated alkanes) is 34. The summed E-state index contributed by atoms with van der Waals surface area (Å²) in [6.07, 6.45) is 62.9. The summed E-state index contributed by atoms with van der Waals surface area (Å²) in [6.45, 7) is 4.29. The highest BCUT2D eigenvalue weighted by atomic mass is 16.3. The largest absolute Gasteiger partial charge is 0.394 e. The molecule has 324 valence electrons. The van der Waals surface area contributed by atoms with Gasteiger partial charge in [-0.15, -0.1) is 0 Å². The molecule has 2 atom stereocenters. The van der Waals surface area contributed by atoms with Gasteiger partial charge in [0, 0.05) is 6.42 Å². The molecule has 0 bridgehead atoms. The van der Waals surface area contributed by atoms with Gasteiger partial charge >= 0.3 is 0 Å². The van der Waals surface area contributed by atoms with Crippen molar-refractivity contribution in [2.45, 2.75) is 276 Å². The Morgan fingerprint density at radius 3 is 1.07 bits per heavy atom. The lowest BCUT2D eigenvalue weighted by Gasteiger charge is -2.19. The first-order chi connectivity index (χ1) is 27.2. The van der Waals surface area contributed by atoms with Gasteiger partial charge in [0.1, 0.15) is 0 Å². The zero-order valence-electron chi connectivity index (χ0n) is 37.2. The average Bonchev–Trinajstić information content (AvgIpc) is 3.19. The van der Waals surface area contributed by atoms with Crippen LogP contribution in [-0.2, 0) is 4.79 Å². The number of carbonyl (C=O) groups is 1. The van der Waals surface area contributed by atoms with Crippen molar-refractivity contribution in [1.29, 1.82) is 0 Å². The first-order valence-corrected chi connectivity index (χ1v) is 24.7. The fraction of sp³-hybridized carbons (Fsp3) is 0.863. The summed E-state index contributed by atoms with van der Waals surface area (Å²) in [6, 6.07) is -0.642. The van der Waals surface area contributed by atoms with Crippen LogP contribution in [0, 0.1) is 0 Å². The van der Waals surface area contributed by atoms with Crippen molar-refractivity contribution < 1.29 is 15.0 Å². The molecule has 0 aromatic rings. The van der Waals surface area contributed by atoms with E-state index < -0.39 is 12.1 Å². The van der Waals surface area contributed by atoms with Crippen LogP contribution in [0.1, 0.15) is 264 Å². The Bertz CT molecular complexity index is 836.